The van der Waals surface area contributed by atoms with Crippen LogP contribution in [0, 0.1) is 5.92 Å². The molecule has 5 nitrogen and oxygen atoms in total. The summed E-state index contributed by atoms with van der Waals surface area (Å²) in [5.74, 6) is 1.33. The second-order valence-corrected chi connectivity index (χ2v) is 7.51. The summed E-state index contributed by atoms with van der Waals surface area (Å²) in [7, 11) is 0. The Balaban J connectivity index is 0.00000392. The summed E-state index contributed by atoms with van der Waals surface area (Å²) >= 11 is 0. The maximum atomic E-state index is 5.82. The predicted octanol–water partition coefficient (Wildman–Crippen LogP) is 3.89. The molecule has 2 N–H and O–H groups in total. The van der Waals surface area contributed by atoms with Crippen LogP contribution in [0.2, 0.25) is 0 Å². The van der Waals surface area contributed by atoms with E-state index >= 15 is 0 Å². The third-order valence-corrected chi connectivity index (χ3v) is 4.81. The third kappa shape index (κ3) is 11.2. The lowest BCUT2D eigenvalue weighted by Crippen LogP contribution is -2.38. The summed E-state index contributed by atoms with van der Waals surface area (Å²) in [6, 6.07) is 10.3. The van der Waals surface area contributed by atoms with Crippen LogP contribution in [-0.4, -0.2) is 56.7 Å². The molecule has 160 valence electrons. The van der Waals surface area contributed by atoms with Gasteiger partial charge in [0, 0.05) is 19.6 Å². The van der Waals surface area contributed by atoms with Crippen molar-refractivity contribution in [3.05, 3.63) is 35.9 Å². The molecular formula is C22H39IN4O. The highest BCUT2D eigenvalue weighted by Gasteiger charge is 2.10. The first kappa shape index (κ1) is 25.2. The van der Waals surface area contributed by atoms with Gasteiger partial charge in [-0.1, -0.05) is 37.3 Å². The van der Waals surface area contributed by atoms with Gasteiger partial charge in [-0.15, -0.1) is 24.0 Å². The van der Waals surface area contributed by atoms with Gasteiger partial charge in [0.1, 0.15) is 0 Å². The van der Waals surface area contributed by atoms with E-state index in [-0.39, 0.29) is 24.0 Å². The van der Waals surface area contributed by atoms with Crippen LogP contribution in [0.5, 0.6) is 0 Å². The van der Waals surface area contributed by atoms with Crippen molar-refractivity contribution in [1.82, 2.24) is 15.5 Å². The minimum atomic E-state index is 0. The molecule has 1 saturated heterocycles. The van der Waals surface area contributed by atoms with Gasteiger partial charge in [-0.05, 0) is 63.7 Å². The molecule has 0 radical (unpaired) electrons. The van der Waals surface area contributed by atoms with E-state index in [1.807, 2.05) is 18.2 Å². The van der Waals surface area contributed by atoms with Gasteiger partial charge in [-0.3, -0.25) is 4.99 Å². The second-order valence-electron chi connectivity index (χ2n) is 7.51. The van der Waals surface area contributed by atoms with E-state index < -0.39 is 0 Å². The Morgan fingerprint density at radius 1 is 1.14 bits per heavy atom. The van der Waals surface area contributed by atoms with Crippen LogP contribution in [0.1, 0.15) is 45.1 Å². The fourth-order valence-corrected chi connectivity index (χ4v) is 3.27. The normalized spacial score (nSPS) is 15.9. The van der Waals surface area contributed by atoms with Gasteiger partial charge in [0.25, 0.3) is 0 Å². The molecule has 1 unspecified atom stereocenters. The number of nitrogens with zero attached hydrogens (tertiary/aromatic N) is 2. The molecule has 1 aromatic rings. The van der Waals surface area contributed by atoms with Crippen molar-refractivity contribution in [3.8, 4) is 0 Å². The Morgan fingerprint density at radius 2 is 1.89 bits per heavy atom. The maximum absolute atomic E-state index is 5.82. The first-order valence-electron chi connectivity index (χ1n) is 10.6. The van der Waals surface area contributed by atoms with Crippen LogP contribution in [0.25, 0.3) is 0 Å². The molecule has 1 heterocycles. The van der Waals surface area contributed by atoms with Crippen molar-refractivity contribution in [2.24, 2.45) is 10.9 Å². The van der Waals surface area contributed by atoms with E-state index in [0.29, 0.717) is 12.5 Å². The van der Waals surface area contributed by atoms with Gasteiger partial charge >= 0.3 is 0 Å². The number of nitrogens with one attached hydrogen (secondary N) is 2. The molecule has 6 heteroatoms. The highest BCUT2D eigenvalue weighted by Crippen LogP contribution is 2.08. The average Bonchev–Trinajstić information content (AvgIpc) is 3.20. The van der Waals surface area contributed by atoms with Crippen LogP contribution in [0.4, 0.5) is 0 Å². The van der Waals surface area contributed by atoms with Gasteiger partial charge in [0.05, 0.1) is 13.2 Å². The van der Waals surface area contributed by atoms with Crippen LogP contribution in [0.15, 0.2) is 35.3 Å². The summed E-state index contributed by atoms with van der Waals surface area (Å²) in [5, 5.41) is 6.80. The molecule has 0 aliphatic carbocycles. The fourth-order valence-electron chi connectivity index (χ4n) is 3.27. The van der Waals surface area contributed by atoms with Crippen molar-refractivity contribution < 1.29 is 4.74 Å². The molecule has 1 fully saturated rings. The molecule has 0 amide bonds. The second kappa shape index (κ2) is 16.0. The highest BCUT2D eigenvalue weighted by molar-refractivity contribution is 14.0. The third-order valence-electron chi connectivity index (χ3n) is 4.81. The number of likely N-dealkylation sites (tertiary alicyclic amines) is 1. The van der Waals surface area contributed by atoms with Crippen molar-refractivity contribution in [2.45, 2.75) is 46.1 Å². The van der Waals surface area contributed by atoms with Crippen LogP contribution < -0.4 is 10.6 Å². The van der Waals surface area contributed by atoms with Crippen molar-refractivity contribution in [3.63, 3.8) is 0 Å². The minimum Gasteiger partial charge on any atom is -0.376 e. The van der Waals surface area contributed by atoms with E-state index in [9.17, 15) is 0 Å². The van der Waals surface area contributed by atoms with Crippen LogP contribution in [0.3, 0.4) is 0 Å². The van der Waals surface area contributed by atoms with Gasteiger partial charge in [0.2, 0.25) is 0 Å². The Kier molecular flexibility index (Phi) is 14.4. The number of ether oxygens (including phenoxy) is 1. The first-order valence-corrected chi connectivity index (χ1v) is 10.6. The van der Waals surface area contributed by atoms with Gasteiger partial charge in [0.15, 0.2) is 5.96 Å². The van der Waals surface area contributed by atoms with E-state index in [0.717, 1.165) is 32.2 Å². The van der Waals surface area contributed by atoms with E-state index in [4.69, 9.17) is 9.73 Å². The van der Waals surface area contributed by atoms with Crippen molar-refractivity contribution in [1.29, 1.82) is 0 Å². The quantitative estimate of drug-likeness (QED) is 0.197. The van der Waals surface area contributed by atoms with E-state index in [1.165, 1.54) is 50.9 Å². The zero-order valence-corrected chi connectivity index (χ0v) is 20.0. The largest absolute Gasteiger partial charge is 0.376 e. The van der Waals surface area contributed by atoms with Gasteiger partial charge in [-0.2, -0.15) is 0 Å². The van der Waals surface area contributed by atoms with Crippen molar-refractivity contribution in [2.75, 3.05) is 45.9 Å². The Morgan fingerprint density at radius 3 is 2.61 bits per heavy atom. The topological polar surface area (TPSA) is 48.9 Å². The number of hydrogen-bond donors (Lipinski definition) is 2. The smallest absolute Gasteiger partial charge is 0.191 e. The zero-order valence-electron chi connectivity index (χ0n) is 17.7. The molecule has 0 bridgehead atoms. The molecule has 1 aliphatic rings. The number of aliphatic imine (C=N–C) groups is 1. The average molecular weight is 502 g/mol. The van der Waals surface area contributed by atoms with Crippen LogP contribution >= 0.6 is 24.0 Å². The number of unbranched alkanes of at least 4 members (excludes halogenated alkanes) is 1. The van der Waals surface area contributed by atoms with Gasteiger partial charge < -0.3 is 20.3 Å². The van der Waals surface area contributed by atoms with E-state index in [1.54, 1.807) is 0 Å². The fraction of sp³-hybridized carbons (Fsp3) is 0.682. The molecule has 0 spiro atoms. The molecule has 0 saturated carbocycles. The molecule has 1 aliphatic heterocycles. The number of rotatable bonds is 12. The van der Waals surface area contributed by atoms with Crippen LogP contribution in [-0.2, 0) is 11.3 Å². The number of guanidine groups is 1. The monoisotopic (exact) mass is 502 g/mol. The summed E-state index contributed by atoms with van der Waals surface area (Å²) in [6.45, 7) is 12.2. The summed E-state index contributed by atoms with van der Waals surface area (Å²) in [4.78, 5) is 7.30. The molecule has 1 aromatic carbocycles. The highest BCUT2D eigenvalue weighted by atomic mass is 127. The maximum Gasteiger partial charge on any atom is 0.191 e. The molecule has 0 aromatic heterocycles. The summed E-state index contributed by atoms with van der Waals surface area (Å²) in [5.41, 5.74) is 1.22. The molecule has 2 rings (SSSR count). The first-order chi connectivity index (χ1) is 13.3. The van der Waals surface area contributed by atoms with E-state index in [2.05, 4.69) is 41.5 Å². The number of halogens is 1. The number of hydrogen-bond acceptors (Lipinski definition) is 3. The minimum absolute atomic E-state index is 0. The Hall–Kier alpha value is -0.860. The SMILES string of the molecule is CCNC(=NCC(C)COCc1ccccc1)NCCCCN1CCCC1.I. The lowest BCUT2D eigenvalue weighted by atomic mass is 10.2. The Labute approximate surface area is 188 Å². The molecular weight excluding hydrogens is 463 g/mol. The zero-order chi connectivity index (χ0) is 19.2. The summed E-state index contributed by atoms with van der Waals surface area (Å²) < 4.78 is 5.82. The lowest BCUT2D eigenvalue weighted by molar-refractivity contribution is 0.0945. The molecule has 28 heavy (non-hydrogen) atoms. The number of benzene rings is 1. The summed E-state index contributed by atoms with van der Waals surface area (Å²) in [6.07, 6.45) is 5.21. The molecule has 1 atom stereocenters. The Bertz CT molecular complexity index is 521. The van der Waals surface area contributed by atoms with Crippen molar-refractivity contribution >= 4 is 29.9 Å². The standard InChI is InChI=1S/C22H38N4O.HI/c1-3-23-22(24-13-7-8-14-26-15-9-10-16-26)25-17-20(2)18-27-19-21-11-5-4-6-12-21;/h4-6,11-12,20H,3,7-10,13-19H2,1-2H3,(H2,23,24,25);1H. The predicted molar refractivity (Wildman–Crippen MR) is 130 cm³/mol. The van der Waals surface area contributed by atoms with Gasteiger partial charge in [-0.25, -0.2) is 0 Å². The lowest BCUT2D eigenvalue weighted by Gasteiger charge is -2.16.